The highest BCUT2D eigenvalue weighted by atomic mass is 14.5. The van der Waals surface area contributed by atoms with E-state index < -0.39 is 0 Å². The van der Waals surface area contributed by atoms with Crippen LogP contribution in [0.4, 0.5) is 0 Å². The van der Waals surface area contributed by atoms with E-state index in [9.17, 15) is 0 Å². The average Bonchev–Trinajstić information content (AvgIpc) is 2.91. The van der Waals surface area contributed by atoms with Gasteiger partial charge in [-0.3, -0.25) is 0 Å². The first-order valence-electron chi connectivity index (χ1n) is 11.0. The largest absolute Gasteiger partial charge is 0.0654 e. The van der Waals surface area contributed by atoms with Crippen LogP contribution in [-0.4, -0.2) is 0 Å². The zero-order valence-electron chi connectivity index (χ0n) is 17.7. The monoisotopic (exact) mass is 342 g/mol. The summed E-state index contributed by atoms with van der Waals surface area (Å²) in [4.78, 5) is 0. The molecule has 0 heteroatoms. The van der Waals surface area contributed by atoms with Crippen molar-refractivity contribution in [2.24, 2.45) is 35.5 Å². The predicted molar refractivity (Wildman–Crippen MR) is 112 cm³/mol. The van der Waals surface area contributed by atoms with Crippen LogP contribution in [0.15, 0.2) is 30.3 Å². The van der Waals surface area contributed by atoms with Crippen molar-refractivity contribution >= 4 is 0 Å². The van der Waals surface area contributed by atoms with Gasteiger partial charge in [-0.05, 0) is 66.3 Å². The second-order valence-corrected chi connectivity index (χ2v) is 9.14. The fourth-order valence-corrected chi connectivity index (χ4v) is 5.62. The number of benzene rings is 1. The van der Waals surface area contributed by atoms with E-state index in [1.807, 2.05) is 0 Å². The van der Waals surface area contributed by atoms with Gasteiger partial charge in [0.1, 0.15) is 0 Å². The Morgan fingerprint density at radius 3 is 2.32 bits per heavy atom. The van der Waals surface area contributed by atoms with Crippen molar-refractivity contribution in [3.63, 3.8) is 0 Å². The Morgan fingerprint density at radius 2 is 1.72 bits per heavy atom. The molecule has 1 fully saturated rings. The summed E-state index contributed by atoms with van der Waals surface area (Å²) in [5.41, 5.74) is 1.56. The standard InChI is InChI=1S/C25H42/c1-7-9-13-18(3)20(5)25-21(6)19(4)16-24(25)17-22(8-2)23-14-11-10-12-15-23/h10-12,14-15,18-22,24-25H,7-9,13,16-17H2,1-6H3/t18?,19?,20?,21?,22-,24+,25+/m1/s1. The van der Waals surface area contributed by atoms with Crippen molar-refractivity contribution in [3.8, 4) is 0 Å². The van der Waals surface area contributed by atoms with Crippen molar-refractivity contribution in [2.75, 3.05) is 0 Å². The number of hydrogen-bond donors (Lipinski definition) is 0. The van der Waals surface area contributed by atoms with Crippen LogP contribution in [0.1, 0.15) is 91.5 Å². The maximum absolute atomic E-state index is 2.57. The summed E-state index contributed by atoms with van der Waals surface area (Å²) < 4.78 is 0. The molecule has 1 aliphatic rings. The van der Waals surface area contributed by atoms with Crippen molar-refractivity contribution in [1.82, 2.24) is 0 Å². The van der Waals surface area contributed by atoms with Gasteiger partial charge in [-0.1, -0.05) is 91.1 Å². The maximum Gasteiger partial charge on any atom is -0.0162 e. The first-order chi connectivity index (χ1) is 12.0. The molecule has 7 atom stereocenters. The molecule has 0 heterocycles. The molecule has 1 aliphatic carbocycles. The minimum atomic E-state index is 0.740. The minimum Gasteiger partial charge on any atom is -0.0654 e. The van der Waals surface area contributed by atoms with Gasteiger partial charge in [0, 0.05) is 0 Å². The zero-order chi connectivity index (χ0) is 18.4. The van der Waals surface area contributed by atoms with Gasteiger partial charge in [0.05, 0.1) is 0 Å². The van der Waals surface area contributed by atoms with Gasteiger partial charge in [0.25, 0.3) is 0 Å². The second-order valence-electron chi connectivity index (χ2n) is 9.14. The predicted octanol–water partition coefficient (Wildman–Crippen LogP) is 7.94. The smallest absolute Gasteiger partial charge is 0.0162 e. The van der Waals surface area contributed by atoms with E-state index in [0.29, 0.717) is 0 Å². The van der Waals surface area contributed by atoms with Crippen molar-refractivity contribution < 1.29 is 0 Å². The summed E-state index contributed by atoms with van der Waals surface area (Å²) in [7, 11) is 0. The minimum absolute atomic E-state index is 0.740. The molecule has 0 aromatic heterocycles. The molecule has 1 saturated carbocycles. The number of hydrogen-bond acceptors (Lipinski definition) is 0. The SMILES string of the molecule is CCCCC(C)C(C)[C@H]1C(C)C(C)C[C@H]1C[C@@H](CC)c1ccccc1. The van der Waals surface area contributed by atoms with Crippen LogP contribution in [0.25, 0.3) is 0 Å². The summed E-state index contributed by atoms with van der Waals surface area (Å²) in [6, 6.07) is 11.3. The summed E-state index contributed by atoms with van der Waals surface area (Å²) in [5.74, 6) is 6.08. The molecule has 1 aromatic carbocycles. The second kappa shape index (κ2) is 9.79. The first-order valence-corrected chi connectivity index (χ1v) is 11.0. The van der Waals surface area contributed by atoms with Gasteiger partial charge in [0.15, 0.2) is 0 Å². The molecule has 2 rings (SSSR count). The van der Waals surface area contributed by atoms with Crippen LogP contribution in [0.2, 0.25) is 0 Å². The Hall–Kier alpha value is -0.780. The molecule has 0 radical (unpaired) electrons. The van der Waals surface area contributed by atoms with Crippen LogP contribution in [-0.2, 0) is 0 Å². The van der Waals surface area contributed by atoms with Gasteiger partial charge in [0.2, 0.25) is 0 Å². The molecule has 0 N–H and O–H groups in total. The van der Waals surface area contributed by atoms with E-state index in [4.69, 9.17) is 0 Å². The molecule has 0 spiro atoms. The van der Waals surface area contributed by atoms with E-state index >= 15 is 0 Å². The van der Waals surface area contributed by atoms with Crippen LogP contribution >= 0.6 is 0 Å². The molecule has 1 aromatic rings. The lowest BCUT2D eigenvalue weighted by Gasteiger charge is -2.35. The molecular formula is C25H42. The van der Waals surface area contributed by atoms with Gasteiger partial charge < -0.3 is 0 Å². The van der Waals surface area contributed by atoms with Gasteiger partial charge in [-0.15, -0.1) is 0 Å². The van der Waals surface area contributed by atoms with Crippen LogP contribution in [0, 0.1) is 35.5 Å². The van der Waals surface area contributed by atoms with Crippen molar-refractivity contribution in [1.29, 1.82) is 0 Å². The summed E-state index contributed by atoms with van der Waals surface area (Å²) >= 11 is 0. The van der Waals surface area contributed by atoms with Crippen molar-refractivity contribution in [3.05, 3.63) is 35.9 Å². The van der Waals surface area contributed by atoms with E-state index in [1.165, 1.54) is 38.5 Å². The van der Waals surface area contributed by atoms with Crippen LogP contribution in [0.5, 0.6) is 0 Å². The third-order valence-electron chi connectivity index (χ3n) is 7.59. The highest BCUT2D eigenvalue weighted by Crippen LogP contribution is 2.50. The molecule has 0 saturated heterocycles. The van der Waals surface area contributed by atoms with Gasteiger partial charge in [-0.2, -0.15) is 0 Å². The van der Waals surface area contributed by atoms with E-state index in [2.05, 4.69) is 71.9 Å². The Balaban J connectivity index is 2.11. The van der Waals surface area contributed by atoms with E-state index in [0.717, 1.165) is 41.4 Å². The molecular weight excluding hydrogens is 300 g/mol. The molecule has 142 valence electrons. The summed E-state index contributed by atoms with van der Waals surface area (Å²) in [5, 5.41) is 0. The highest BCUT2D eigenvalue weighted by molar-refractivity contribution is 5.19. The topological polar surface area (TPSA) is 0 Å². The Bertz CT molecular complexity index is 476. The Kier molecular flexibility index (Phi) is 8.04. The average molecular weight is 343 g/mol. The molecule has 25 heavy (non-hydrogen) atoms. The fraction of sp³-hybridized carbons (Fsp3) is 0.760. The fourth-order valence-electron chi connectivity index (χ4n) is 5.62. The van der Waals surface area contributed by atoms with Crippen LogP contribution < -0.4 is 0 Å². The maximum atomic E-state index is 2.57. The third kappa shape index (κ3) is 5.11. The van der Waals surface area contributed by atoms with E-state index in [1.54, 1.807) is 5.56 Å². The molecule has 0 bridgehead atoms. The van der Waals surface area contributed by atoms with Crippen LogP contribution in [0.3, 0.4) is 0 Å². The first kappa shape index (κ1) is 20.5. The molecule has 0 amide bonds. The lowest BCUT2D eigenvalue weighted by Crippen LogP contribution is -2.28. The quantitative estimate of drug-likeness (QED) is 0.427. The van der Waals surface area contributed by atoms with Crippen molar-refractivity contribution in [2.45, 2.75) is 86.0 Å². The lowest BCUT2D eigenvalue weighted by molar-refractivity contribution is 0.149. The van der Waals surface area contributed by atoms with Gasteiger partial charge in [-0.25, -0.2) is 0 Å². The Labute approximate surface area is 157 Å². The highest BCUT2D eigenvalue weighted by Gasteiger charge is 2.42. The lowest BCUT2D eigenvalue weighted by atomic mass is 9.70. The summed E-state index contributed by atoms with van der Waals surface area (Å²) in [6.07, 6.45) is 8.26. The number of unbranched alkanes of at least 4 members (excludes halogenated alkanes) is 1. The van der Waals surface area contributed by atoms with E-state index in [-0.39, 0.29) is 0 Å². The third-order valence-corrected chi connectivity index (χ3v) is 7.59. The van der Waals surface area contributed by atoms with Gasteiger partial charge >= 0.3 is 0 Å². The number of rotatable bonds is 9. The summed E-state index contributed by atoms with van der Waals surface area (Å²) in [6.45, 7) is 14.8. The molecule has 0 aliphatic heterocycles. The molecule has 4 unspecified atom stereocenters. The normalized spacial score (nSPS) is 30.2. The molecule has 0 nitrogen and oxygen atoms in total. The Morgan fingerprint density at radius 1 is 1.04 bits per heavy atom. The zero-order valence-corrected chi connectivity index (χ0v) is 17.7.